The highest BCUT2D eigenvalue weighted by Crippen LogP contribution is 2.12. The van der Waals surface area contributed by atoms with Crippen LogP contribution in [0.3, 0.4) is 0 Å². The molecule has 2 rings (SSSR count). The number of hydrogen-bond donors (Lipinski definition) is 0. The third kappa shape index (κ3) is 2.99. The fourth-order valence-corrected chi connectivity index (χ4v) is 1.96. The van der Waals surface area contributed by atoms with E-state index < -0.39 is 0 Å². The smallest absolute Gasteiger partial charge is 0.328 e. The maximum Gasteiger partial charge on any atom is 0.328 e. The van der Waals surface area contributed by atoms with E-state index in [1.165, 1.54) is 4.57 Å². The van der Waals surface area contributed by atoms with Crippen molar-refractivity contribution < 1.29 is 9.53 Å². The Kier molecular flexibility index (Phi) is 4.40. The average molecular weight is 274 g/mol. The van der Waals surface area contributed by atoms with Crippen molar-refractivity contribution in [2.75, 3.05) is 6.61 Å². The van der Waals surface area contributed by atoms with Crippen LogP contribution in [0.1, 0.15) is 24.2 Å². The monoisotopic (exact) mass is 274 g/mol. The van der Waals surface area contributed by atoms with Crippen molar-refractivity contribution in [2.45, 2.75) is 26.9 Å². The van der Waals surface area contributed by atoms with Gasteiger partial charge in [-0.1, -0.05) is 0 Å². The highest BCUT2D eigenvalue weighted by molar-refractivity contribution is 5.95. The molecule has 0 atom stereocenters. The Balaban J connectivity index is 2.11. The molecule has 0 fully saturated rings. The Hall–Kier alpha value is -2.30. The van der Waals surface area contributed by atoms with Crippen molar-refractivity contribution in [2.24, 2.45) is 0 Å². The lowest BCUT2D eigenvalue weighted by atomic mass is 10.1. The summed E-state index contributed by atoms with van der Waals surface area (Å²) < 4.78 is 8.31. The number of aryl methyl sites for hydroxylation is 1. The largest absolute Gasteiger partial charge is 0.494 e. The second-order valence-corrected chi connectivity index (χ2v) is 4.38. The first-order chi connectivity index (χ1) is 9.65. The normalized spacial score (nSPS) is 10.5. The third-order valence-corrected chi connectivity index (χ3v) is 3.06. The number of Topliss-reactive ketones (excluding diaryl/α,β-unsaturated/α-hetero) is 1. The van der Waals surface area contributed by atoms with Gasteiger partial charge in [0.25, 0.3) is 0 Å². The van der Waals surface area contributed by atoms with Gasteiger partial charge in [0, 0.05) is 24.5 Å². The van der Waals surface area contributed by atoms with Crippen LogP contribution in [0.15, 0.2) is 41.5 Å². The summed E-state index contributed by atoms with van der Waals surface area (Å²) in [7, 11) is 0. The summed E-state index contributed by atoms with van der Waals surface area (Å²) in [4.78, 5) is 24.0. The third-order valence-electron chi connectivity index (χ3n) is 3.06. The number of benzene rings is 1. The van der Waals surface area contributed by atoms with E-state index >= 15 is 0 Å². The van der Waals surface area contributed by atoms with E-state index in [-0.39, 0.29) is 18.0 Å². The lowest BCUT2D eigenvalue weighted by Crippen LogP contribution is -2.26. The summed E-state index contributed by atoms with van der Waals surface area (Å²) in [5.41, 5.74) is 0.413. The van der Waals surface area contributed by atoms with Crippen LogP contribution in [0.25, 0.3) is 0 Å². The lowest BCUT2D eigenvalue weighted by Gasteiger charge is -2.05. The van der Waals surface area contributed by atoms with Crippen molar-refractivity contribution in [3.63, 3.8) is 0 Å². The Morgan fingerprint density at radius 2 is 1.75 bits per heavy atom. The van der Waals surface area contributed by atoms with Gasteiger partial charge in [0.2, 0.25) is 0 Å². The molecule has 5 heteroatoms. The first kappa shape index (κ1) is 14.1. The van der Waals surface area contributed by atoms with Gasteiger partial charge in [-0.15, -0.1) is 0 Å². The number of carbonyl (C=O) groups excluding carboxylic acids is 1. The number of rotatable bonds is 6. The highest BCUT2D eigenvalue weighted by atomic mass is 16.5. The number of ketones is 1. The topological polar surface area (TPSA) is 53.2 Å². The molecule has 0 bridgehead atoms. The Labute approximate surface area is 117 Å². The maximum atomic E-state index is 12.1. The first-order valence-corrected chi connectivity index (χ1v) is 6.67. The molecule has 0 aliphatic carbocycles. The molecule has 0 saturated carbocycles. The van der Waals surface area contributed by atoms with Crippen molar-refractivity contribution in [1.29, 1.82) is 0 Å². The fourth-order valence-electron chi connectivity index (χ4n) is 1.96. The Morgan fingerprint density at radius 3 is 2.30 bits per heavy atom. The van der Waals surface area contributed by atoms with Gasteiger partial charge < -0.3 is 4.74 Å². The molecule has 2 aromatic rings. The van der Waals surface area contributed by atoms with Crippen LogP contribution in [-0.4, -0.2) is 21.5 Å². The summed E-state index contributed by atoms with van der Waals surface area (Å²) in [5, 5.41) is 0. The maximum absolute atomic E-state index is 12.1. The van der Waals surface area contributed by atoms with E-state index in [0.29, 0.717) is 18.7 Å². The Bertz CT molecular complexity index is 638. The van der Waals surface area contributed by atoms with Crippen molar-refractivity contribution in [1.82, 2.24) is 9.13 Å². The van der Waals surface area contributed by atoms with Gasteiger partial charge in [-0.3, -0.25) is 13.9 Å². The molecule has 0 N–H and O–H groups in total. The molecular weight excluding hydrogens is 256 g/mol. The van der Waals surface area contributed by atoms with Crippen LogP contribution in [0.4, 0.5) is 0 Å². The van der Waals surface area contributed by atoms with E-state index in [1.807, 2.05) is 13.8 Å². The van der Waals surface area contributed by atoms with Gasteiger partial charge in [-0.2, -0.15) is 0 Å². The van der Waals surface area contributed by atoms with E-state index in [1.54, 1.807) is 41.2 Å². The molecule has 1 aromatic heterocycles. The molecule has 1 aromatic carbocycles. The van der Waals surface area contributed by atoms with Gasteiger partial charge in [0.1, 0.15) is 5.75 Å². The van der Waals surface area contributed by atoms with E-state index in [9.17, 15) is 9.59 Å². The zero-order valence-electron chi connectivity index (χ0n) is 11.7. The minimum Gasteiger partial charge on any atom is -0.494 e. The fraction of sp³-hybridized carbons (Fsp3) is 0.333. The van der Waals surface area contributed by atoms with Gasteiger partial charge >= 0.3 is 5.69 Å². The van der Waals surface area contributed by atoms with Crippen LogP contribution in [0.2, 0.25) is 0 Å². The standard InChI is InChI=1S/C15H18N2O3/c1-3-16-9-10-17(15(16)19)11-14(18)12-5-7-13(8-6-12)20-4-2/h5-10H,3-4,11H2,1-2H3. The number of ether oxygens (including phenoxy) is 1. The number of aromatic nitrogens is 2. The van der Waals surface area contributed by atoms with Gasteiger partial charge in [0.05, 0.1) is 13.2 Å². The first-order valence-electron chi connectivity index (χ1n) is 6.67. The molecule has 0 aliphatic rings. The quantitative estimate of drug-likeness (QED) is 0.757. The molecule has 5 nitrogen and oxygen atoms in total. The van der Waals surface area contributed by atoms with E-state index in [0.717, 1.165) is 5.75 Å². The molecule has 0 spiro atoms. The Morgan fingerprint density at radius 1 is 1.10 bits per heavy atom. The average Bonchev–Trinajstić information content (AvgIpc) is 2.80. The molecule has 0 radical (unpaired) electrons. The molecule has 0 saturated heterocycles. The molecule has 0 amide bonds. The number of imidazole rings is 1. The number of hydrogen-bond acceptors (Lipinski definition) is 3. The summed E-state index contributed by atoms with van der Waals surface area (Å²) in [6.45, 7) is 5.04. The summed E-state index contributed by atoms with van der Waals surface area (Å²) in [6.07, 6.45) is 3.33. The summed E-state index contributed by atoms with van der Waals surface area (Å²) in [5.74, 6) is 0.641. The second kappa shape index (κ2) is 6.23. The second-order valence-electron chi connectivity index (χ2n) is 4.38. The minimum atomic E-state index is -0.160. The van der Waals surface area contributed by atoms with Gasteiger partial charge in [0.15, 0.2) is 5.78 Å². The predicted molar refractivity (Wildman–Crippen MR) is 76.3 cm³/mol. The van der Waals surface area contributed by atoms with Crippen molar-refractivity contribution in [3.05, 3.63) is 52.7 Å². The SMILES string of the molecule is CCOc1ccc(C(=O)Cn2ccn(CC)c2=O)cc1. The van der Waals surface area contributed by atoms with Gasteiger partial charge in [-0.05, 0) is 38.1 Å². The lowest BCUT2D eigenvalue weighted by molar-refractivity contribution is 0.0970. The number of carbonyl (C=O) groups is 1. The number of nitrogens with zero attached hydrogens (tertiary/aromatic N) is 2. The van der Waals surface area contributed by atoms with Crippen LogP contribution in [-0.2, 0) is 13.1 Å². The minimum absolute atomic E-state index is 0.0554. The van der Waals surface area contributed by atoms with Gasteiger partial charge in [-0.25, -0.2) is 4.79 Å². The van der Waals surface area contributed by atoms with Crippen LogP contribution < -0.4 is 10.4 Å². The predicted octanol–water partition coefficient (Wildman–Crippen LogP) is 1.95. The van der Waals surface area contributed by atoms with Crippen LogP contribution >= 0.6 is 0 Å². The summed E-state index contributed by atoms with van der Waals surface area (Å²) in [6, 6.07) is 6.96. The van der Waals surface area contributed by atoms with Crippen molar-refractivity contribution >= 4 is 5.78 Å². The summed E-state index contributed by atoms with van der Waals surface area (Å²) >= 11 is 0. The zero-order valence-corrected chi connectivity index (χ0v) is 11.7. The van der Waals surface area contributed by atoms with Crippen molar-refractivity contribution in [3.8, 4) is 5.75 Å². The molecule has 1 heterocycles. The van der Waals surface area contributed by atoms with E-state index in [2.05, 4.69) is 0 Å². The van der Waals surface area contributed by atoms with Crippen LogP contribution in [0.5, 0.6) is 5.75 Å². The highest BCUT2D eigenvalue weighted by Gasteiger charge is 2.09. The molecule has 0 aliphatic heterocycles. The van der Waals surface area contributed by atoms with E-state index in [4.69, 9.17) is 4.74 Å². The zero-order chi connectivity index (χ0) is 14.5. The molecular formula is C15H18N2O3. The molecule has 20 heavy (non-hydrogen) atoms. The molecule has 106 valence electrons. The van der Waals surface area contributed by atoms with Crippen LogP contribution in [0, 0.1) is 0 Å². The molecule has 0 unspecified atom stereocenters.